The third-order valence-corrected chi connectivity index (χ3v) is 3.77. The lowest BCUT2D eigenvalue weighted by Gasteiger charge is -2.17. The van der Waals surface area contributed by atoms with Crippen LogP contribution < -0.4 is 5.32 Å². The SMILES string of the molecule is CN(CCc1ccncc1)C(=O)c1cncc(NC2CC2)c1. The molecular formula is C17H20N4O. The monoisotopic (exact) mass is 296 g/mol. The molecule has 0 bridgehead atoms. The molecule has 0 aromatic carbocycles. The second-order valence-electron chi connectivity index (χ2n) is 5.71. The minimum atomic E-state index is 0.000929. The standard InChI is InChI=1S/C17H20N4O/c1-21(9-6-13-4-7-18-8-5-13)17(22)14-10-16(12-19-11-14)20-15-2-3-15/h4-5,7-8,10-12,15,20H,2-3,6,9H2,1H3. The van der Waals surface area contributed by atoms with Gasteiger partial charge in [-0.25, -0.2) is 0 Å². The number of carbonyl (C=O) groups excluding carboxylic acids is 1. The molecule has 0 spiro atoms. The van der Waals surface area contributed by atoms with E-state index in [0.29, 0.717) is 18.2 Å². The van der Waals surface area contributed by atoms with E-state index in [1.54, 1.807) is 29.7 Å². The van der Waals surface area contributed by atoms with Gasteiger partial charge in [0.25, 0.3) is 5.91 Å². The molecule has 22 heavy (non-hydrogen) atoms. The predicted octanol–water partition coefficient (Wildman–Crippen LogP) is 2.37. The fraction of sp³-hybridized carbons (Fsp3) is 0.353. The molecule has 2 heterocycles. The van der Waals surface area contributed by atoms with E-state index in [9.17, 15) is 4.79 Å². The van der Waals surface area contributed by atoms with Crippen LogP contribution in [0.25, 0.3) is 0 Å². The molecule has 3 rings (SSSR count). The largest absolute Gasteiger partial charge is 0.381 e. The number of hydrogen-bond acceptors (Lipinski definition) is 4. The zero-order chi connectivity index (χ0) is 15.4. The van der Waals surface area contributed by atoms with Crippen LogP contribution in [-0.2, 0) is 6.42 Å². The molecular weight excluding hydrogens is 276 g/mol. The number of rotatable bonds is 6. The van der Waals surface area contributed by atoms with Gasteiger partial charge in [-0.3, -0.25) is 14.8 Å². The second kappa shape index (κ2) is 6.56. The number of aromatic nitrogens is 2. The maximum absolute atomic E-state index is 12.5. The number of likely N-dealkylation sites (N-methyl/N-ethyl adjacent to an activating group) is 1. The van der Waals surface area contributed by atoms with Gasteiger partial charge in [0.05, 0.1) is 11.3 Å². The molecule has 2 aromatic heterocycles. The molecule has 2 aromatic rings. The Morgan fingerprint density at radius 3 is 2.77 bits per heavy atom. The van der Waals surface area contributed by atoms with E-state index in [0.717, 1.165) is 12.1 Å². The first-order valence-electron chi connectivity index (χ1n) is 7.58. The Morgan fingerprint density at radius 1 is 1.27 bits per heavy atom. The van der Waals surface area contributed by atoms with Crippen molar-refractivity contribution in [1.29, 1.82) is 0 Å². The van der Waals surface area contributed by atoms with Gasteiger partial charge in [-0.15, -0.1) is 0 Å². The normalized spacial score (nSPS) is 13.7. The third-order valence-electron chi connectivity index (χ3n) is 3.77. The molecule has 1 aliphatic carbocycles. The van der Waals surface area contributed by atoms with Crippen LogP contribution in [0.5, 0.6) is 0 Å². The summed E-state index contributed by atoms with van der Waals surface area (Å²) in [7, 11) is 1.82. The molecule has 0 aliphatic heterocycles. The lowest BCUT2D eigenvalue weighted by Crippen LogP contribution is -2.29. The summed E-state index contributed by atoms with van der Waals surface area (Å²) in [6, 6.07) is 6.38. The highest BCUT2D eigenvalue weighted by atomic mass is 16.2. The average Bonchev–Trinajstić information content (AvgIpc) is 3.37. The van der Waals surface area contributed by atoms with E-state index < -0.39 is 0 Å². The minimum Gasteiger partial charge on any atom is -0.381 e. The lowest BCUT2D eigenvalue weighted by atomic mass is 10.2. The van der Waals surface area contributed by atoms with Gasteiger partial charge in [-0.2, -0.15) is 0 Å². The number of amides is 1. The first-order chi connectivity index (χ1) is 10.7. The Kier molecular flexibility index (Phi) is 4.32. The second-order valence-corrected chi connectivity index (χ2v) is 5.71. The average molecular weight is 296 g/mol. The summed E-state index contributed by atoms with van der Waals surface area (Å²) in [5, 5.41) is 3.37. The van der Waals surface area contributed by atoms with Crippen molar-refractivity contribution in [3.63, 3.8) is 0 Å². The molecule has 0 radical (unpaired) electrons. The fourth-order valence-electron chi connectivity index (χ4n) is 2.27. The molecule has 1 amide bonds. The number of nitrogens with one attached hydrogen (secondary N) is 1. The van der Waals surface area contributed by atoms with Crippen LogP contribution in [0.3, 0.4) is 0 Å². The van der Waals surface area contributed by atoms with Gasteiger partial charge in [0.2, 0.25) is 0 Å². The van der Waals surface area contributed by atoms with Gasteiger partial charge < -0.3 is 10.2 Å². The third kappa shape index (κ3) is 3.81. The Morgan fingerprint density at radius 2 is 2.05 bits per heavy atom. The lowest BCUT2D eigenvalue weighted by molar-refractivity contribution is 0.0796. The smallest absolute Gasteiger partial charge is 0.255 e. The van der Waals surface area contributed by atoms with Crippen LogP contribution in [0, 0.1) is 0 Å². The maximum Gasteiger partial charge on any atom is 0.255 e. The highest BCUT2D eigenvalue weighted by Crippen LogP contribution is 2.24. The van der Waals surface area contributed by atoms with Gasteiger partial charge in [-0.05, 0) is 43.0 Å². The van der Waals surface area contributed by atoms with E-state index in [1.807, 2.05) is 25.2 Å². The number of nitrogens with zero attached hydrogens (tertiary/aromatic N) is 3. The molecule has 0 unspecified atom stereocenters. The highest BCUT2D eigenvalue weighted by molar-refractivity contribution is 5.94. The van der Waals surface area contributed by atoms with Crippen LogP contribution in [0.2, 0.25) is 0 Å². The van der Waals surface area contributed by atoms with Crippen LogP contribution in [-0.4, -0.2) is 40.4 Å². The van der Waals surface area contributed by atoms with E-state index in [1.165, 1.54) is 18.4 Å². The van der Waals surface area contributed by atoms with Crippen molar-refractivity contribution in [3.8, 4) is 0 Å². The van der Waals surface area contributed by atoms with Crippen molar-refractivity contribution in [1.82, 2.24) is 14.9 Å². The van der Waals surface area contributed by atoms with Crippen molar-refractivity contribution >= 4 is 11.6 Å². The number of anilines is 1. The van der Waals surface area contributed by atoms with E-state index in [2.05, 4.69) is 15.3 Å². The van der Waals surface area contributed by atoms with Gasteiger partial charge >= 0.3 is 0 Å². The summed E-state index contributed by atoms with van der Waals surface area (Å²) in [6.45, 7) is 0.670. The summed E-state index contributed by atoms with van der Waals surface area (Å²) in [5.74, 6) is 0.000929. The van der Waals surface area contributed by atoms with E-state index in [-0.39, 0.29) is 5.91 Å². The van der Waals surface area contributed by atoms with E-state index in [4.69, 9.17) is 0 Å². The van der Waals surface area contributed by atoms with Crippen LogP contribution in [0.4, 0.5) is 5.69 Å². The minimum absolute atomic E-state index is 0.000929. The highest BCUT2D eigenvalue weighted by Gasteiger charge is 2.21. The van der Waals surface area contributed by atoms with Crippen LogP contribution in [0.15, 0.2) is 43.0 Å². The number of pyridine rings is 2. The number of carbonyl (C=O) groups is 1. The molecule has 0 saturated heterocycles. The van der Waals surface area contributed by atoms with Gasteiger partial charge in [0, 0.05) is 44.4 Å². The van der Waals surface area contributed by atoms with Gasteiger partial charge in [0.15, 0.2) is 0 Å². The summed E-state index contributed by atoms with van der Waals surface area (Å²) >= 11 is 0. The molecule has 1 saturated carbocycles. The Hall–Kier alpha value is -2.43. The van der Waals surface area contributed by atoms with Crippen molar-refractivity contribution in [2.75, 3.05) is 18.9 Å². The van der Waals surface area contributed by atoms with Crippen LogP contribution in [0.1, 0.15) is 28.8 Å². The molecule has 1 N–H and O–H groups in total. The molecule has 5 nitrogen and oxygen atoms in total. The zero-order valence-electron chi connectivity index (χ0n) is 12.7. The summed E-state index contributed by atoms with van der Waals surface area (Å²) in [5.41, 5.74) is 2.73. The van der Waals surface area contributed by atoms with Gasteiger partial charge in [0.1, 0.15) is 0 Å². The molecule has 1 aliphatic rings. The first-order valence-corrected chi connectivity index (χ1v) is 7.58. The zero-order valence-corrected chi connectivity index (χ0v) is 12.7. The summed E-state index contributed by atoms with van der Waals surface area (Å²) in [4.78, 5) is 22.4. The van der Waals surface area contributed by atoms with Gasteiger partial charge in [-0.1, -0.05) is 0 Å². The fourth-order valence-corrected chi connectivity index (χ4v) is 2.27. The van der Waals surface area contributed by atoms with Crippen molar-refractivity contribution in [2.45, 2.75) is 25.3 Å². The number of hydrogen-bond donors (Lipinski definition) is 1. The molecule has 0 atom stereocenters. The molecule has 114 valence electrons. The molecule has 5 heteroatoms. The van der Waals surface area contributed by atoms with Crippen molar-refractivity contribution in [2.24, 2.45) is 0 Å². The summed E-state index contributed by atoms with van der Waals surface area (Å²) in [6.07, 6.45) is 10.2. The first kappa shape index (κ1) is 14.5. The predicted molar refractivity (Wildman–Crippen MR) is 85.8 cm³/mol. The van der Waals surface area contributed by atoms with Crippen LogP contribution >= 0.6 is 0 Å². The van der Waals surface area contributed by atoms with E-state index >= 15 is 0 Å². The van der Waals surface area contributed by atoms with Crippen molar-refractivity contribution < 1.29 is 4.79 Å². The Labute approximate surface area is 130 Å². The Balaban J connectivity index is 1.59. The molecule has 1 fully saturated rings. The summed E-state index contributed by atoms with van der Waals surface area (Å²) < 4.78 is 0. The Bertz CT molecular complexity index is 640. The van der Waals surface area contributed by atoms with Crippen molar-refractivity contribution in [3.05, 3.63) is 54.1 Å². The quantitative estimate of drug-likeness (QED) is 0.889. The topological polar surface area (TPSA) is 58.1 Å². The maximum atomic E-state index is 12.5.